The molecule has 2 rings (SSSR count). The van der Waals surface area contributed by atoms with Crippen LogP contribution in [-0.4, -0.2) is 28.3 Å². The topological polar surface area (TPSA) is 44.9 Å². The van der Waals surface area contributed by atoms with Crippen molar-refractivity contribution in [3.63, 3.8) is 0 Å². The average Bonchev–Trinajstić information content (AvgIpc) is 2.79. The van der Waals surface area contributed by atoms with E-state index in [9.17, 15) is 0 Å². The zero-order valence-corrected chi connectivity index (χ0v) is 10.5. The second kappa shape index (κ2) is 5.83. The van der Waals surface area contributed by atoms with Crippen molar-refractivity contribution in [3.05, 3.63) is 18.0 Å². The Labute approximate surface area is 103 Å². The predicted octanol–water partition coefficient (Wildman–Crippen LogP) is 2.34. The van der Waals surface area contributed by atoms with Gasteiger partial charge in [-0.05, 0) is 26.0 Å². The Morgan fingerprint density at radius 3 is 2.94 bits per heavy atom. The zero-order valence-electron chi connectivity index (χ0n) is 10.5. The fraction of sp³-hybridized carbons (Fsp3) is 0.692. The summed E-state index contributed by atoms with van der Waals surface area (Å²) < 4.78 is 2.12. The third kappa shape index (κ3) is 3.31. The summed E-state index contributed by atoms with van der Waals surface area (Å²) in [6.07, 6.45) is 8.63. The molecule has 0 unspecified atom stereocenters. The van der Waals surface area contributed by atoms with E-state index in [2.05, 4.69) is 28.1 Å². The van der Waals surface area contributed by atoms with E-state index < -0.39 is 0 Å². The van der Waals surface area contributed by atoms with Gasteiger partial charge in [-0.3, -0.25) is 9.58 Å². The molecule has 92 valence electrons. The number of hydrogen-bond acceptors (Lipinski definition) is 3. The van der Waals surface area contributed by atoms with Crippen molar-refractivity contribution in [1.29, 1.82) is 5.26 Å². The minimum atomic E-state index is 0.455. The Hall–Kier alpha value is -1.34. The van der Waals surface area contributed by atoms with Gasteiger partial charge in [-0.15, -0.1) is 0 Å². The molecule has 0 spiro atoms. The van der Waals surface area contributed by atoms with E-state index in [-0.39, 0.29) is 0 Å². The number of rotatable bonds is 4. The highest BCUT2D eigenvalue weighted by Crippen LogP contribution is 2.27. The number of nitrogens with zero attached hydrogens (tertiary/aromatic N) is 4. The SMILES string of the molecule is CN(CC#N)Cc1ccn(C2CCCCC2)n1. The molecule has 1 aliphatic carbocycles. The van der Waals surface area contributed by atoms with Gasteiger partial charge in [0.15, 0.2) is 0 Å². The van der Waals surface area contributed by atoms with Gasteiger partial charge in [-0.25, -0.2) is 0 Å². The molecule has 1 aromatic rings. The van der Waals surface area contributed by atoms with Crippen LogP contribution in [0.5, 0.6) is 0 Å². The molecule has 0 saturated heterocycles. The maximum Gasteiger partial charge on any atom is 0.0866 e. The predicted molar refractivity (Wildman–Crippen MR) is 66.3 cm³/mol. The summed E-state index contributed by atoms with van der Waals surface area (Å²) >= 11 is 0. The van der Waals surface area contributed by atoms with Crippen molar-refractivity contribution in [2.24, 2.45) is 0 Å². The Morgan fingerprint density at radius 1 is 1.47 bits per heavy atom. The van der Waals surface area contributed by atoms with Gasteiger partial charge in [0.1, 0.15) is 0 Å². The summed E-state index contributed by atoms with van der Waals surface area (Å²) in [5.41, 5.74) is 1.06. The smallest absolute Gasteiger partial charge is 0.0866 e. The van der Waals surface area contributed by atoms with E-state index in [1.165, 1.54) is 32.1 Å². The van der Waals surface area contributed by atoms with Crippen molar-refractivity contribution < 1.29 is 0 Å². The molecule has 0 N–H and O–H groups in total. The lowest BCUT2D eigenvalue weighted by molar-refractivity contribution is 0.320. The van der Waals surface area contributed by atoms with Gasteiger partial charge in [0.05, 0.1) is 24.3 Å². The van der Waals surface area contributed by atoms with Crippen LogP contribution in [0.15, 0.2) is 12.3 Å². The molecule has 0 aromatic carbocycles. The summed E-state index contributed by atoms with van der Waals surface area (Å²) in [5.74, 6) is 0. The van der Waals surface area contributed by atoms with E-state index >= 15 is 0 Å². The second-order valence-electron chi connectivity index (χ2n) is 4.91. The van der Waals surface area contributed by atoms with Gasteiger partial charge in [-0.2, -0.15) is 10.4 Å². The molecule has 1 aromatic heterocycles. The van der Waals surface area contributed by atoms with Crippen molar-refractivity contribution in [1.82, 2.24) is 14.7 Å². The first-order valence-electron chi connectivity index (χ1n) is 6.39. The Morgan fingerprint density at radius 2 is 2.24 bits per heavy atom. The first kappa shape index (κ1) is 12.1. The molecule has 1 saturated carbocycles. The maximum absolute atomic E-state index is 8.61. The fourth-order valence-electron chi connectivity index (χ4n) is 2.46. The van der Waals surface area contributed by atoms with E-state index in [0.717, 1.165) is 12.2 Å². The number of aromatic nitrogens is 2. The fourth-order valence-corrected chi connectivity index (χ4v) is 2.46. The van der Waals surface area contributed by atoms with Gasteiger partial charge in [0, 0.05) is 12.7 Å². The summed E-state index contributed by atoms with van der Waals surface area (Å²) in [7, 11) is 1.95. The highest BCUT2D eigenvalue weighted by Gasteiger charge is 2.16. The summed E-state index contributed by atoms with van der Waals surface area (Å²) in [5, 5.41) is 13.2. The van der Waals surface area contributed by atoms with Crippen molar-refractivity contribution in [3.8, 4) is 6.07 Å². The normalized spacial score (nSPS) is 17.2. The van der Waals surface area contributed by atoms with E-state index in [1.54, 1.807) is 0 Å². The number of nitriles is 1. The lowest BCUT2D eigenvalue weighted by Gasteiger charge is -2.21. The number of hydrogen-bond donors (Lipinski definition) is 0. The first-order chi connectivity index (χ1) is 8.29. The molecule has 0 amide bonds. The largest absolute Gasteiger partial charge is 0.288 e. The molecule has 0 atom stereocenters. The Kier molecular flexibility index (Phi) is 4.16. The van der Waals surface area contributed by atoms with Gasteiger partial charge in [-0.1, -0.05) is 19.3 Å². The third-order valence-corrected chi connectivity index (χ3v) is 3.38. The lowest BCUT2D eigenvalue weighted by Crippen LogP contribution is -2.19. The molecule has 0 bridgehead atoms. The lowest BCUT2D eigenvalue weighted by atomic mass is 9.96. The third-order valence-electron chi connectivity index (χ3n) is 3.38. The van der Waals surface area contributed by atoms with Crippen LogP contribution in [-0.2, 0) is 6.54 Å². The van der Waals surface area contributed by atoms with Crippen molar-refractivity contribution in [2.75, 3.05) is 13.6 Å². The van der Waals surface area contributed by atoms with Crippen LogP contribution >= 0.6 is 0 Å². The summed E-state index contributed by atoms with van der Waals surface area (Å²) in [4.78, 5) is 1.98. The monoisotopic (exact) mass is 232 g/mol. The second-order valence-corrected chi connectivity index (χ2v) is 4.91. The van der Waals surface area contributed by atoms with E-state index in [1.807, 2.05) is 11.9 Å². The minimum absolute atomic E-state index is 0.455. The first-order valence-corrected chi connectivity index (χ1v) is 6.39. The molecular formula is C13H20N4. The maximum atomic E-state index is 8.61. The van der Waals surface area contributed by atoms with Crippen LogP contribution in [0.3, 0.4) is 0 Å². The molecular weight excluding hydrogens is 212 g/mol. The van der Waals surface area contributed by atoms with Gasteiger partial charge in [0.25, 0.3) is 0 Å². The molecule has 0 radical (unpaired) electrons. The van der Waals surface area contributed by atoms with Crippen LogP contribution in [0.2, 0.25) is 0 Å². The van der Waals surface area contributed by atoms with Crippen molar-refractivity contribution in [2.45, 2.75) is 44.7 Å². The van der Waals surface area contributed by atoms with Gasteiger partial charge < -0.3 is 0 Å². The molecule has 1 heterocycles. The molecule has 1 aliphatic rings. The summed E-state index contributed by atoms with van der Waals surface area (Å²) in [6, 6.07) is 4.82. The van der Waals surface area contributed by atoms with Crippen LogP contribution < -0.4 is 0 Å². The Bertz CT molecular complexity index is 384. The van der Waals surface area contributed by atoms with E-state index in [0.29, 0.717) is 12.6 Å². The molecule has 17 heavy (non-hydrogen) atoms. The standard InChI is InChI=1S/C13H20N4/c1-16(10-8-14)11-12-7-9-17(15-12)13-5-3-2-4-6-13/h7,9,13H,2-6,10-11H2,1H3. The molecule has 4 nitrogen and oxygen atoms in total. The van der Waals surface area contributed by atoms with Crippen LogP contribution in [0.1, 0.15) is 43.8 Å². The average molecular weight is 232 g/mol. The van der Waals surface area contributed by atoms with Crippen LogP contribution in [0.4, 0.5) is 0 Å². The highest BCUT2D eigenvalue weighted by atomic mass is 15.3. The van der Waals surface area contributed by atoms with Crippen LogP contribution in [0, 0.1) is 11.3 Å². The van der Waals surface area contributed by atoms with Gasteiger partial charge in [0.2, 0.25) is 0 Å². The van der Waals surface area contributed by atoms with Crippen LogP contribution in [0.25, 0.3) is 0 Å². The summed E-state index contributed by atoms with van der Waals surface area (Å²) in [6.45, 7) is 1.21. The highest BCUT2D eigenvalue weighted by molar-refractivity contribution is 5.00. The van der Waals surface area contributed by atoms with Gasteiger partial charge >= 0.3 is 0 Å². The molecule has 4 heteroatoms. The van der Waals surface area contributed by atoms with E-state index in [4.69, 9.17) is 5.26 Å². The Balaban J connectivity index is 1.93. The van der Waals surface area contributed by atoms with Crippen molar-refractivity contribution >= 4 is 0 Å². The molecule has 1 fully saturated rings. The molecule has 0 aliphatic heterocycles. The quantitative estimate of drug-likeness (QED) is 0.748. The minimum Gasteiger partial charge on any atom is -0.288 e. The zero-order chi connectivity index (χ0) is 12.1.